The van der Waals surface area contributed by atoms with Gasteiger partial charge in [0.25, 0.3) is 0 Å². The highest BCUT2D eigenvalue weighted by molar-refractivity contribution is 5.92. The summed E-state index contributed by atoms with van der Waals surface area (Å²) in [7, 11) is 0. The highest BCUT2D eigenvalue weighted by atomic mass is 16.3. The van der Waals surface area contributed by atoms with Crippen LogP contribution in [0, 0.1) is 20.8 Å². The Labute approximate surface area is 149 Å². The molecule has 0 amide bonds. The van der Waals surface area contributed by atoms with Crippen molar-refractivity contribution in [1.29, 1.82) is 0 Å². The van der Waals surface area contributed by atoms with E-state index in [1.165, 1.54) is 24.0 Å². The van der Waals surface area contributed by atoms with Crippen LogP contribution in [0.4, 0.5) is 5.69 Å². The first-order valence-electron chi connectivity index (χ1n) is 8.97. The van der Waals surface area contributed by atoms with Crippen molar-refractivity contribution in [3.05, 3.63) is 53.0 Å². The summed E-state index contributed by atoms with van der Waals surface area (Å²) in [6.45, 7) is 8.94. The van der Waals surface area contributed by atoms with E-state index in [4.69, 9.17) is 10.2 Å². The zero-order valence-electron chi connectivity index (χ0n) is 15.4. The number of hydrogen-bond donors (Lipinski definition) is 2. The van der Waals surface area contributed by atoms with Crippen molar-refractivity contribution < 1.29 is 4.42 Å². The van der Waals surface area contributed by atoms with E-state index in [0.717, 1.165) is 30.3 Å². The number of furan rings is 1. The van der Waals surface area contributed by atoms with Crippen LogP contribution in [0.2, 0.25) is 0 Å². The van der Waals surface area contributed by atoms with Crippen LogP contribution in [0.1, 0.15) is 41.5 Å². The molecule has 2 aromatic rings. The van der Waals surface area contributed by atoms with Gasteiger partial charge >= 0.3 is 0 Å². The Bertz CT molecular complexity index is 744. The minimum atomic E-state index is 0.149. The van der Waals surface area contributed by atoms with E-state index in [1.807, 2.05) is 19.1 Å². The molecule has 1 unspecified atom stereocenters. The lowest BCUT2D eigenvalue weighted by Crippen LogP contribution is -2.30. The largest absolute Gasteiger partial charge is 0.465 e. The third-order valence-electron chi connectivity index (χ3n) is 4.88. The molecular formula is C20H28N4O. The van der Waals surface area contributed by atoms with Crippen molar-refractivity contribution in [2.75, 3.05) is 25.0 Å². The maximum Gasteiger partial charge on any atom is 0.193 e. The van der Waals surface area contributed by atoms with E-state index in [-0.39, 0.29) is 6.04 Å². The molecule has 1 aliphatic heterocycles. The van der Waals surface area contributed by atoms with E-state index in [2.05, 4.69) is 47.3 Å². The Kier molecular flexibility index (Phi) is 5.43. The molecule has 5 heteroatoms. The van der Waals surface area contributed by atoms with Gasteiger partial charge in [-0.15, -0.1) is 0 Å². The number of benzene rings is 1. The number of aliphatic imine (C=N–C) groups is 1. The first kappa shape index (κ1) is 17.5. The molecule has 0 radical (unpaired) electrons. The summed E-state index contributed by atoms with van der Waals surface area (Å²) in [6.07, 6.45) is 2.46. The minimum absolute atomic E-state index is 0.149. The van der Waals surface area contributed by atoms with Gasteiger partial charge in [-0.1, -0.05) is 6.07 Å². The van der Waals surface area contributed by atoms with Crippen LogP contribution in [-0.4, -0.2) is 30.5 Å². The van der Waals surface area contributed by atoms with Gasteiger partial charge in [-0.3, -0.25) is 9.89 Å². The Morgan fingerprint density at radius 1 is 1.16 bits per heavy atom. The fourth-order valence-electron chi connectivity index (χ4n) is 3.26. The lowest BCUT2D eigenvalue weighted by Gasteiger charge is -2.24. The number of nitrogens with one attached hydrogen (secondary N) is 1. The van der Waals surface area contributed by atoms with Gasteiger partial charge in [0.05, 0.1) is 12.6 Å². The van der Waals surface area contributed by atoms with Crippen LogP contribution in [0.25, 0.3) is 0 Å². The van der Waals surface area contributed by atoms with Crippen LogP contribution < -0.4 is 11.1 Å². The number of likely N-dealkylation sites (tertiary alicyclic amines) is 1. The second-order valence-corrected chi connectivity index (χ2v) is 6.86. The van der Waals surface area contributed by atoms with Gasteiger partial charge in [0.1, 0.15) is 11.5 Å². The van der Waals surface area contributed by atoms with E-state index >= 15 is 0 Å². The van der Waals surface area contributed by atoms with Crippen LogP contribution in [0.15, 0.2) is 39.7 Å². The summed E-state index contributed by atoms with van der Waals surface area (Å²) < 4.78 is 5.87. The number of rotatable bonds is 5. The molecule has 0 aliphatic carbocycles. The van der Waals surface area contributed by atoms with Crippen molar-refractivity contribution in [2.24, 2.45) is 10.7 Å². The maximum atomic E-state index is 6.11. The number of anilines is 1. The monoisotopic (exact) mass is 340 g/mol. The van der Waals surface area contributed by atoms with Crippen LogP contribution in [0.5, 0.6) is 0 Å². The summed E-state index contributed by atoms with van der Waals surface area (Å²) in [5.41, 5.74) is 9.58. The van der Waals surface area contributed by atoms with Crippen molar-refractivity contribution in [3.8, 4) is 0 Å². The molecule has 1 aliphatic rings. The first-order valence-corrected chi connectivity index (χ1v) is 8.97. The Morgan fingerprint density at radius 2 is 1.92 bits per heavy atom. The number of nitrogens with two attached hydrogens (primary N) is 1. The zero-order valence-corrected chi connectivity index (χ0v) is 15.4. The summed E-state index contributed by atoms with van der Waals surface area (Å²) in [5.74, 6) is 2.35. The predicted octanol–water partition coefficient (Wildman–Crippen LogP) is 3.77. The number of nitrogens with zero attached hydrogens (tertiary/aromatic N) is 2. The van der Waals surface area contributed by atoms with Gasteiger partial charge in [-0.25, -0.2) is 0 Å². The molecule has 1 aromatic heterocycles. The highest BCUT2D eigenvalue weighted by Gasteiger charge is 2.25. The number of guanidine groups is 1. The zero-order chi connectivity index (χ0) is 17.8. The SMILES string of the molecule is Cc1ccc(C(CN=C(N)Nc2ccc(C)c(C)c2)N2CCCC2)o1. The fraction of sp³-hybridized carbons (Fsp3) is 0.450. The average molecular weight is 340 g/mol. The fourth-order valence-corrected chi connectivity index (χ4v) is 3.26. The molecule has 0 saturated carbocycles. The molecule has 0 spiro atoms. The van der Waals surface area contributed by atoms with Crippen molar-refractivity contribution in [1.82, 2.24) is 4.90 Å². The molecule has 1 atom stereocenters. The average Bonchev–Trinajstić information content (AvgIpc) is 3.24. The second kappa shape index (κ2) is 7.74. The smallest absolute Gasteiger partial charge is 0.193 e. The Hall–Kier alpha value is -2.27. The molecule has 134 valence electrons. The molecular weight excluding hydrogens is 312 g/mol. The van der Waals surface area contributed by atoms with Crippen molar-refractivity contribution >= 4 is 11.6 Å². The maximum absolute atomic E-state index is 6.11. The molecule has 1 saturated heterocycles. The topological polar surface area (TPSA) is 66.8 Å². The molecule has 5 nitrogen and oxygen atoms in total. The summed E-state index contributed by atoms with van der Waals surface area (Å²) in [6, 6.07) is 10.4. The Morgan fingerprint density at radius 3 is 2.56 bits per heavy atom. The second-order valence-electron chi connectivity index (χ2n) is 6.86. The Balaban J connectivity index is 1.70. The van der Waals surface area contributed by atoms with E-state index in [0.29, 0.717) is 12.5 Å². The van der Waals surface area contributed by atoms with Crippen molar-refractivity contribution in [2.45, 2.75) is 39.7 Å². The quantitative estimate of drug-likeness (QED) is 0.642. The third-order valence-corrected chi connectivity index (χ3v) is 4.88. The van der Waals surface area contributed by atoms with Gasteiger partial charge in [-0.2, -0.15) is 0 Å². The van der Waals surface area contributed by atoms with Crippen molar-refractivity contribution in [3.63, 3.8) is 0 Å². The summed E-state index contributed by atoms with van der Waals surface area (Å²) in [4.78, 5) is 7.02. The molecule has 25 heavy (non-hydrogen) atoms. The third kappa shape index (κ3) is 4.42. The first-order chi connectivity index (χ1) is 12.0. The molecule has 3 N–H and O–H groups in total. The molecule has 0 bridgehead atoms. The lowest BCUT2D eigenvalue weighted by molar-refractivity contribution is 0.219. The van der Waals surface area contributed by atoms with Gasteiger partial charge in [0.2, 0.25) is 0 Å². The van der Waals surface area contributed by atoms with Crippen LogP contribution in [-0.2, 0) is 0 Å². The number of hydrogen-bond acceptors (Lipinski definition) is 3. The highest BCUT2D eigenvalue weighted by Crippen LogP contribution is 2.27. The minimum Gasteiger partial charge on any atom is -0.465 e. The van der Waals surface area contributed by atoms with Gasteiger partial charge in [0.15, 0.2) is 5.96 Å². The molecule has 2 heterocycles. The van der Waals surface area contributed by atoms with Gasteiger partial charge in [-0.05, 0) is 82.1 Å². The predicted molar refractivity (Wildman–Crippen MR) is 103 cm³/mol. The normalized spacial score (nSPS) is 17.0. The van der Waals surface area contributed by atoms with Gasteiger partial charge in [0, 0.05) is 5.69 Å². The molecule has 1 aromatic carbocycles. The van der Waals surface area contributed by atoms with E-state index in [9.17, 15) is 0 Å². The van der Waals surface area contributed by atoms with E-state index < -0.39 is 0 Å². The lowest BCUT2D eigenvalue weighted by atomic mass is 10.1. The van der Waals surface area contributed by atoms with Crippen LogP contribution in [0.3, 0.4) is 0 Å². The van der Waals surface area contributed by atoms with E-state index in [1.54, 1.807) is 0 Å². The molecule has 3 rings (SSSR count). The van der Waals surface area contributed by atoms with Gasteiger partial charge < -0.3 is 15.5 Å². The summed E-state index contributed by atoms with van der Waals surface area (Å²) in [5, 5.41) is 3.19. The number of aryl methyl sites for hydroxylation is 3. The van der Waals surface area contributed by atoms with Crippen LogP contribution >= 0.6 is 0 Å². The molecule has 1 fully saturated rings. The summed E-state index contributed by atoms with van der Waals surface area (Å²) >= 11 is 0. The standard InChI is InChI=1S/C20H28N4O/c1-14-6-8-17(12-15(14)2)23-20(21)22-13-18(24-10-4-5-11-24)19-9-7-16(3)25-19/h6-9,12,18H,4-5,10-11,13H2,1-3H3,(H3,21,22,23).